The molecule has 21 heavy (non-hydrogen) atoms. The Balaban J connectivity index is 1.63. The summed E-state index contributed by atoms with van der Waals surface area (Å²) in [6.07, 6.45) is 4.95. The Labute approximate surface area is 134 Å². The maximum atomic E-state index is 11.9. The van der Waals surface area contributed by atoms with Crippen LogP contribution in [0.4, 0.5) is 0 Å². The first kappa shape index (κ1) is 17.2. The van der Waals surface area contributed by atoms with Gasteiger partial charge in [-0.3, -0.25) is 0 Å². The first-order valence-electron chi connectivity index (χ1n) is 7.09. The van der Waals surface area contributed by atoms with Gasteiger partial charge in [-0.1, -0.05) is 11.6 Å². The van der Waals surface area contributed by atoms with Crippen LogP contribution >= 0.6 is 22.9 Å². The van der Waals surface area contributed by atoms with Crippen LogP contribution in [0.15, 0.2) is 16.3 Å². The third kappa shape index (κ3) is 5.50. The molecule has 1 aliphatic rings. The SMILES string of the molecule is NC1CCC(OCCCNS(=O)(=O)c2ccc(Cl)s2)CC1. The molecule has 2 rings (SSSR count). The number of nitrogens with one attached hydrogen (secondary N) is 1. The summed E-state index contributed by atoms with van der Waals surface area (Å²) in [4.78, 5) is 0. The molecule has 0 saturated heterocycles. The van der Waals surface area contributed by atoms with Gasteiger partial charge in [-0.05, 0) is 44.2 Å². The Morgan fingerprint density at radius 3 is 2.67 bits per heavy atom. The monoisotopic (exact) mass is 352 g/mol. The van der Waals surface area contributed by atoms with Crippen molar-refractivity contribution in [2.75, 3.05) is 13.2 Å². The van der Waals surface area contributed by atoms with E-state index in [0.717, 1.165) is 37.0 Å². The molecule has 0 amide bonds. The number of hydrogen-bond donors (Lipinski definition) is 2. The number of halogens is 1. The molecule has 5 nitrogen and oxygen atoms in total. The zero-order valence-corrected chi connectivity index (χ0v) is 14.1. The summed E-state index contributed by atoms with van der Waals surface area (Å²) in [5, 5.41) is 0. The van der Waals surface area contributed by atoms with Crippen molar-refractivity contribution < 1.29 is 13.2 Å². The van der Waals surface area contributed by atoms with Crippen molar-refractivity contribution in [1.29, 1.82) is 0 Å². The average molecular weight is 353 g/mol. The van der Waals surface area contributed by atoms with Gasteiger partial charge in [-0.25, -0.2) is 13.1 Å². The van der Waals surface area contributed by atoms with E-state index in [9.17, 15) is 8.42 Å². The van der Waals surface area contributed by atoms with E-state index in [-0.39, 0.29) is 10.3 Å². The van der Waals surface area contributed by atoms with E-state index in [0.29, 0.717) is 30.0 Å². The van der Waals surface area contributed by atoms with Gasteiger partial charge < -0.3 is 10.5 Å². The van der Waals surface area contributed by atoms with E-state index in [1.54, 1.807) is 6.07 Å². The number of ether oxygens (including phenoxy) is 1. The maximum absolute atomic E-state index is 11.9. The van der Waals surface area contributed by atoms with Crippen molar-refractivity contribution in [3.05, 3.63) is 16.5 Å². The summed E-state index contributed by atoms with van der Waals surface area (Å²) in [6.45, 7) is 0.928. The van der Waals surface area contributed by atoms with Gasteiger partial charge in [0.15, 0.2) is 0 Å². The molecule has 0 aliphatic heterocycles. The van der Waals surface area contributed by atoms with Gasteiger partial charge in [0.2, 0.25) is 10.0 Å². The van der Waals surface area contributed by atoms with Gasteiger partial charge in [0, 0.05) is 19.2 Å². The van der Waals surface area contributed by atoms with Crippen LogP contribution in [0.2, 0.25) is 4.34 Å². The van der Waals surface area contributed by atoms with Crippen LogP contribution in [0.3, 0.4) is 0 Å². The Hall–Kier alpha value is -0.180. The number of sulfonamides is 1. The Bertz CT molecular complexity index is 539. The van der Waals surface area contributed by atoms with E-state index >= 15 is 0 Å². The molecule has 1 heterocycles. The van der Waals surface area contributed by atoms with Crippen LogP contribution in [0.5, 0.6) is 0 Å². The van der Waals surface area contributed by atoms with Crippen molar-refractivity contribution in [3.63, 3.8) is 0 Å². The number of nitrogens with two attached hydrogens (primary N) is 1. The molecule has 1 aromatic heterocycles. The van der Waals surface area contributed by atoms with Crippen LogP contribution < -0.4 is 10.5 Å². The highest BCUT2D eigenvalue weighted by Gasteiger charge is 2.19. The van der Waals surface area contributed by atoms with Crippen molar-refractivity contribution in [2.45, 2.75) is 48.5 Å². The summed E-state index contributed by atoms with van der Waals surface area (Å²) < 4.78 is 32.9. The lowest BCUT2D eigenvalue weighted by Crippen LogP contribution is -2.31. The maximum Gasteiger partial charge on any atom is 0.250 e. The van der Waals surface area contributed by atoms with Crippen molar-refractivity contribution in [3.8, 4) is 0 Å². The molecule has 0 radical (unpaired) electrons. The quantitative estimate of drug-likeness (QED) is 0.738. The molecule has 1 aliphatic carbocycles. The van der Waals surface area contributed by atoms with E-state index in [1.165, 1.54) is 6.07 Å². The van der Waals surface area contributed by atoms with E-state index in [2.05, 4.69) is 4.72 Å². The van der Waals surface area contributed by atoms with Gasteiger partial charge in [-0.2, -0.15) is 0 Å². The lowest BCUT2D eigenvalue weighted by molar-refractivity contribution is 0.0245. The molecule has 0 aromatic carbocycles. The second kappa shape index (κ2) is 7.89. The fourth-order valence-corrected chi connectivity index (χ4v) is 4.90. The highest BCUT2D eigenvalue weighted by atomic mass is 35.5. The molecule has 0 atom stereocenters. The second-order valence-corrected chi connectivity index (χ2v) is 8.93. The first-order valence-corrected chi connectivity index (χ1v) is 9.77. The predicted molar refractivity (Wildman–Crippen MR) is 85.3 cm³/mol. The van der Waals surface area contributed by atoms with Gasteiger partial charge in [0.1, 0.15) is 4.21 Å². The normalized spacial score (nSPS) is 23.3. The topological polar surface area (TPSA) is 81.4 Å². The van der Waals surface area contributed by atoms with Gasteiger partial charge in [0.05, 0.1) is 10.4 Å². The molecular formula is C13H21ClN2O3S2. The number of rotatable bonds is 7. The van der Waals surface area contributed by atoms with Gasteiger partial charge in [0.25, 0.3) is 0 Å². The lowest BCUT2D eigenvalue weighted by Gasteiger charge is -2.26. The molecule has 1 aromatic rings. The fourth-order valence-electron chi connectivity index (χ4n) is 2.30. The number of hydrogen-bond acceptors (Lipinski definition) is 5. The summed E-state index contributed by atoms with van der Waals surface area (Å²) in [5.41, 5.74) is 5.84. The van der Waals surface area contributed by atoms with Crippen molar-refractivity contribution in [2.24, 2.45) is 5.73 Å². The van der Waals surface area contributed by atoms with Crippen LogP contribution in [-0.4, -0.2) is 33.7 Å². The summed E-state index contributed by atoms with van der Waals surface area (Å²) in [7, 11) is -3.44. The van der Waals surface area contributed by atoms with Gasteiger partial charge >= 0.3 is 0 Å². The average Bonchev–Trinajstić information content (AvgIpc) is 2.88. The second-order valence-electron chi connectivity index (χ2n) is 5.22. The zero-order chi connectivity index (χ0) is 15.3. The summed E-state index contributed by atoms with van der Waals surface area (Å²) >= 11 is 6.80. The Morgan fingerprint density at radius 2 is 2.05 bits per heavy atom. The molecule has 8 heteroatoms. The zero-order valence-electron chi connectivity index (χ0n) is 11.8. The highest BCUT2D eigenvalue weighted by molar-refractivity contribution is 7.91. The van der Waals surface area contributed by atoms with E-state index in [1.807, 2.05) is 0 Å². The van der Waals surface area contributed by atoms with Gasteiger partial charge in [-0.15, -0.1) is 11.3 Å². The minimum absolute atomic E-state index is 0.245. The molecular weight excluding hydrogens is 332 g/mol. The van der Waals surface area contributed by atoms with E-state index in [4.69, 9.17) is 22.1 Å². The highest BCUT2D eigenvalue weighted by Crippen LogP contribution is 2.25. The molecule has 120 valence electrons. The fraction of sp³-hybridized carbons (Fsp3) is 0.692. The summed E-state index contributed by atoms with van der Waals surface area (Å²) in [5.74, 6) is 0. The van der Waals surface area contributed by atoms with Crippen LogP contribution in [0, 0.1) is 0 Å². The minimum Gasteiger partial charge on any atom is -0.378 e. The molecule has 1 saturated carbocycles. The predicted octanol–water partition coefficient (Wildman–Crippen LogP) is 2.36. The van der Waals surface area contributed by atoms with E-state index < -0.39 is 10.0 Å². The Kier molecular flexibility index (Phi) is 6.46. The third-order valence-corrected chi connectivity index (χ3v) is 6.68. The molecule has 0 spiro atoms. The summed E-state index contributed by atoms with van der Waals surface area (Å²) in [6, 6.07) is 3.41. The van der Waals surface area contributed by atoms with Crippen LogP contribution in [-0.2, 0) is 14.8 Å². The van der Waals surface area contributed by atoms with Crippen LogP contribution in [0.25, 0.3) is 0 Å². The van der Waals surface area contributed by atoms with Crippen molar-refractivity contribution in [1.82, 2.24) is 4.72 Å². The number of thiophene rings is 1. The third-order valence-electron chi connectivity index (χ3n) is 3.50. The molecule has 1 fully saturated rings. The largest absolute Gasteiger partial charge is 0.378 e. The first-order chi connectivity index (χ1) is 9.97. The van der Waals surface area contributed by atoms with Crippen LogP contribution in [0.1, 0.15) is 32.1 Å². The molecule has 0 unspecified atom stereocenters. The Morgan fingerprint density at radius 1 is 1.33 bits per heavy atom. The minimum atomic E-state index is -3.44. The smallest absolute Gasteiger partial charge is 0.250 e. The molecule has 0 bridgehead atoms. The standard InChI is InChI=1S/C13H21ClN2O3S2/c14-12-6-7-13(20-12)21(17,18)16-8-1-9-19-11-4-2-10(15)3-5-11/h6-7,10-11,16H,1-5,8-9,15H2. The molecule has 3 N–H and O–H groups in total. The van der Waals surface area contributed by atoms with Crippen molar-refractivity contribution >= 4 is 33.0 Å². The lowest BCUT2D eigenvalue weighted by atomic mass is 9.94.